The lowest BCUT2D eigenvalue weighted by Crippen LogP contribution is -2.52. The largest absolute Gasteiger partial charge is 0.480 e. The van der Waals surface area contributed by atoms with Gasteiger partial charge in [0.2, 0.25) is 10.0 Å². The molecule has 1 atom stereocenters. The van der Waals surface area contributed by atoms with Gasteiger partial charge in [-0.15, -0.1) is 0 Å². The fraction of sp³-hybridized carbons (Fsp3) is 0.467. The molecule has 24 heavy (non-hydrogen) atoms. The molecule has 0 aliphatic carbocycles. The molecule has 0 aliphatic heterocycles. The maximum atomic E-state index is 12.4. The van der Waals surface area contributed by atoms with Crippen LogP contribution in [0.25, 0.3) is 0 Å². The minimum Gasteiger partial charge on any atom is -0.480 e. The van der Waals surface area contributed by atoms with E-state index in [4.69, 9.17) is 11.6 Å². The summed E-state index contributed by atoms with van der Waals surface area (Å²) in [6, 6.07) is 3.78. The zero-order chi connectivity index (χ0) is 18.7. The Balaban J connectivity index is 3.25. The highest BCUT2D eigenvalue weighted by molar-refractivity contribution is 7.89. The van der Waals surface area contributed by atoms with Crippen molar-refractivity contribution < 1.29 is 23.1 Å². The maximum Gasteiger partial charge on any atom is 0.329 e. The van der Waals surface area contributed by atoms with Crippen LogP contribution in [-0.2, 0) is 14.8 Å². The first-order valence-electron chi connectivity index (χ1n) is 7.23. The molecule has 0 unspecified atom stereocenters. The number of aliphatic carboxylic acids is 1. The maximum absolute atomic E-state index is 12.4. The first-order valence-corrected chi connectivity index (χ1v) is 9.05. The minimum atomic E-state index is -3.83. The summed E-state index contributed by atoms with van der Waals surface area (Å²) in [4.78, 5) is 23.6. The van der Waals surface area contributed by atoms with E-state index in [-0.39, 0.29) is 21.9 Å². The Bertz CT molecular complexity index is 748. The Morgan fingerprint density at radius 1 is 1.33 bits per heavy atom. The van der Waals surface area contributed by atoms with Crippen molar-refractivity contribution in [3.63, 3.8) is 0 Å². The van der Waals surface area contributed by atoms with Crippen molar-refractivity contribution in [2.75, 3.05) is 14.1 Å². The van der Waals surface area contributed by atoms with Gasteiger partial charge < -0.3 is 10.4 Å². The number of amides is 1. The van der Waals surface area contributed by atoms with E-state index in [0.717, 1.165) is 10.4 Å². The molecule has 0 aromatic heterocycles. The predicted molar refractivity (Wildman–Crippen MR) is 90.7 cm³/mol. The second-order valence-corrected chi connectivity index (χ2v) is 8.30. The minimum absolute atomic E-state index is 0.0170. The highest BCUT2D eigenvalue weighted by Crippen LogP contribution is 2.25. The molecule has 1 aromatic rings. The second-order valence-electron chi connectivity index (χ2n) is 5.77. The number of nitrogens with one attached hydrogen (secondary N) is 1. The topological polar surface area (TPSA) is 104 Å². The summed E-state index contributed by atoms with van der Waals surface area (Å²) >= 11 is 5.93. The number of benzene rings is 1. The van der Waals surface area contributed by atoms with Gasteiger partial charge in [-0.2, -0.15) is 0 Å². The van der Waals surface area contributed by atoms with Crippen LogP contribution in [0.4, 0.5) is 0 Å². The molecule has 0 fully saturated rings. The van der Waals surface area contributed by atoms with E-state index in [2.05, 4.69) is 5.32 Å². The third kappa shape index (κ3) is 4.25. The Morgan fingerprint density at radius 3 is 2.38 bits per heavy atom. The van der Waals surface area contributed by atoms with Gasteiger partial charge in [0, 0.05) is 19.7 Å². The van der Waals surface area contributed by atoms with E-state index in [1.807, 2.05) is 0 Å². The van der Waals surface area contributed by atoms with Crippen molar-refractivity contribution in [2.24, 2.45) is 0 Å². The highest BCUT2D eigenvalue weighted by Gasteiger charge is 2.34. The fourth-order valence-electron chi connectivity index (χ4n) is 2.08. The van der Waals surface area contributed by atoms with Crippen LogP contribution >= 0.6 is 11.6 Å². The summed E-state index contributed by atoms with van der Waals surface area (Å²) in [5.41, 5.74) is -1.42. The molecule has 0 spiro atoms. The van der Waals surface area contributed by atoms with Crippen LogP contribution < -0.4 is 5.32 Å². The van der Waals surface area contributed by atoms with Crippen molar-refractivity contribution in [2.45, 2.75) is 37.1 Å². The van der Waals surface area contributed by atoms with Crippen molar-refractivity contribution in [3.05, 3.63) is 28.8 Å². The first kappa shape index (κ1) is 20.4. The Hall–Kier alpha value is -1.64. The van der Waals surface area contributed by atoms with Gasteiger partial charge in [-0.25, -0.2) is 17.5 Å². The average Bonchev–Trinajstić information content (AvgIpc) is 2.47. The Labute approximate surface area is 146 Å². The molecule has 0 saturated heterocycles. The highest BCUT2D eigenvalue weighted by atomic mass is 35.5. The molecule has 9 heteroatoms. The molecule has 2 N–H and O–H groups in total. The number of hydrogen-bond donors (Lipinski definition) is 2. The van der Waals surface area contributed by atoms with Gasteiger partial charge in [0.15, 0.2) is 0 Å². The monoisotopic (exact) mass is 376 g/mol. The Morgan fingerprint density at radius 2 is 1.92 bits per heavy atom. The second kappa shape index (κ2) is 7.50. The van der Waals surface area contributed by atoms with Crippen LogP contribution in [-0.4, -0.2) is 49.3 Å². The summed E-state index contributed by atoms with van der Waals surface area (Å²) in [6.07, 6.45) is 0.800. The van der Waals surface area contributed by atoms with Gasteiger partial charge >= 0.3 is 5.97 Å². The number of carbonyl (C=O) groups excluding carboxylic acids is 1. The van der Waals surface area contributed by atoms with Crippen LogP contribution in [0.1, 0.15) is 37.0 Å². The van der Waals surface area contributed by atoms with Gasteiger partial charge in [0.05, 0.1) is 5.02 Å². The number of carbonyl (C=O) groups is 2. The Kier molecular flexibility index (Phi) is 6.38. The first-order chi connectivity index (χ1) is 11.0. The molecule has 1 rings (SSSR count). The molecule has 0 saturated carbocycles. The molecule has 0 bridgehead atoms. The number of sulfonamides is 1. The normalized spacial score (nSPS) is 14.2. The smallest absolute Gasteiger partial charge is 0.329 e. The zero-order valence-corrected chi connectivity index (χ0v) is 15.5. The summed E-state index contributed by atoms with van der Waals surface area (Å²) in [5, 5.41) is 11.8. The fourth-order valence-corrected chi connectivity index (χ4v) is 3.48. The summed E-state index contributed by atoms with van der Waals surface area (Å²) in [5.74, 6) is -1.84. The molecule has 134 valence electrons. The number of hydrogen-bond acceptors (Lipinski definition) is 4. The van der Waals surface area contributed by atoms with E-state index in [1.165, 1.54) is 33.2 Å². The predicted octanol–water partition coefficient (Wildman–Crippen LogP) is 1.96. The lowest BCUT2D eigenvalue weighted by atomic mass is 9.96. The summed E-state index contributed by atoms with van der Waals surface area (Å²) in [6.45, 7) is 3.21. The molecule has 0 radical (unpaired) electrons. The molecular weight excluding hydrogens is 356 g/mol. The van der Waals surface area contributed by atoms with Gasteiger partial charge in [0.25, 0.3) is 5.91 Å². The number of rotatable bonds is 7. The van der Waals surface area contributed by atoms with Crippen LogP contribution in [0.2, 0.25) is 5.02 Å². The van der Waals surface area contributed by atoms with Crippen LogP contribution in [0.15, 0.2) is 23.1 Å². The number of halogens is 1. The van der Waals surface area contributed by atoms with E-state index in [0.29, 0.717) is 6.42 Å². The van der Waals surface area contributed by atoms with Crippen molar-refractivity contribution >= 4 is 33.5 Å². The molecule has 1 aromatic carbocycles. The standard InChI is InChI=1S/C15H21ClN2O5S/c1-5-8-15(2,14(20)21)17-13(19)10-6-7-11(16)12(9-10)24(22,23)18(3)4/h6-7,9H,5,8H2,1-4H3,(H,17,19)(H,20,21)/t15-/m1/s1. The lowest BCUT2D eigenvalue weighted by molar-refractivity contribution is -0.144. The molecule has 0 heterocycles. The number of carboxylic acids is 1. The summed E-state index contributed by atoms with van der Waals surface area (Å²) in [7, 11) is -1.13. The third-order valence-electron chi connectivity index (χ3n) is 3.56. The third-order valence-corrected chi connectivity index (χ3v) is 5.86. The van der Waals surface area contributed by atoms with Crippen molar-refractivity contribution in [1.82, 2.24) is 9.62 Å². The van der Waals surface area contributed by atoms with Gasteiger partial charge in [-0.05, 0) is 31.5 Å². The van der Waals surface area contributed by atoms with Crippen LogP contribution in [0.5, 0.6) is 0 Å². The molecule has 1 amide bonds. The van der Waals surface area contributed by atoms with Crippen molar-refractivity contribution in [1.29, 1.82) is 0 Å². The molecule has 0 aliphatic rings. The number of nitrogens with zero attached hydrogens (tertiary/aromatic N) is 1. The van der Waals surface area contributed by atoms with E-state index < -0.39 is 27.4 Å². The molecular formula is C15H21ClN2O5S. The van der Waals surface area contributed by atoms with Gasteiger partial charge in [-0.3, -0.25) is 4.79 Å². The van der Waals surface area contributed by atoms with Gasteiger partial charge in [0.1, 0.15) is 10.4 Å². The number of carboxylic acid groups (broad SMARTS) is 1. The van der Waals surface area contributed by atoms with E-state index in [1.54, 1.807) is 6.92 Å². The van der Waals surface area contributed by atoms with Crippen LogP contribution in [0.3, 0.4) is 0 Å². The van der Waals surface area contributed by atoms with Crippen molar-refractivity contribution in [3.8, 4) is 0 Å². The summed E-state index contributed by atoms with van der Waals surface area (Å²) < 4.78 is 25.5. The van der Waals surface area contributed by atoms with E-state index >= 15 is 0 Å². The van der Waals surface area contributed by atoms with Crippen LogP contribution in [0, 0.1) is 0 Å². The SMILES string of the molecule is CCC[C@@](C)(NC(=O)c1ccc(Cl)c(S(=O)(=O)N(C)C)c1)C(=O)O. The zero-order valence-electron chi connectivity index (χ0n) is 14.0. The molecule has 7 nitrogen and oxygen atoms in total. The lowest BCUT2D eigenvalue weighted by Gasteiger charge is -2.26. The van der Waals surface area contributed by atoms with Gasteiger partial charge in [-0.1, -0.05) is 24.9 Å². The quantitative estimate of drug-likeness (QED) is 0.757. The van der Waals surface area contributed by atoms with E-state index in [9.17, 15) is 23.1 Å². The average molecular weight is 377 g/mol.